The first-order chi connectivity index (χ1) is 10.4. The Morgan fingerprint density at radius 1 is 1.55 bits per heavy atom. The highest BCUT2D eigenvalue weighted by atomic mass is 79.9. The van der Waals surface area contributed by atoms with E-state index in [9.17, 15) is 13.2 Å². The second-order valence-corrected chi connectivity index (χ2v) is 9.78. The molecule has 1 aliphatic rings. The summed E-state index contributed by atoms with van der Waals surface area (Å²) in [5.74, 6) is 0.0142. The summed E-state index contributed by atoms with van der Waals surface area (Å²) >= 11 is 4.90. The van der Waals surface area contributed by atoms with Gasteiger partial charge in [-0.25, -0.2) is 8.42 Å². The first-order valence-corrected chi connectivity index (χ1v) is 10.3. The molecule has 0 spiro atoms. The lowest BCUT2D eigenvalue weighted by molar-refractivity contribution is -0.128. The van der Waals surface area contributed by atoms with E-state index >= 15 is 0 Å². The topological polar surface area (TPSA) is 63.7 Å². The number of amides is 1. The Labute approximate surface area is 143 Å². The van der Waals surface area contributed by atoms with Crippen molar-refractivity contribution in [2.75, 3.05) is 31.8 Å². The zero-order chi connectivity index (χ0) is 16.2. The molecule has 1 aromatic heterocycles. The fraction of sp³-hybridized carbons (Fsp3) is 0.500. The van der Waals surface area contributed by atoms with Crippen LogP contribution in [0.4, 0.5) is 0 Å². The lowest BCUT2D eigenvalue weighted by Crippen LogP contribution is -2.42. The van der Waals surface area contributed by atoms with Crippen LogP contribution in [0.15, 0.2) is 22.0 Å². The third-order valence-corrected chi connectivity index (χ3v) is 6.79. The molecule has 5 nitrogen and oxygen atoms in total. The molecule has 0 saturated carbocycles. The molecule has 8 heteroatoms. The SMILES string of the molecule is COCCN(C(=O)/C=C/c1ccc(Br)s1)C1CCS(=O)(=O)C1. The summed E-state index contributed by atoms with van der Waals surface area (Å²) in [6, 6.07) is 3.58. The Balaban J connectivity index is 2.07. The zero-order valence-corrected chi connectivity index (χ0v) is 15.4. The smallest absolute Gasteiger partial charge is 0.246 e. The fourth-order valence-electron chi connectivity index (χ4n) is 2.35. The van der Waals surface area contributed by atoms with Crippen LogP contribution in [0.2, 0.25) is 0 Å². The van der Waals surface area contributed by atoms with Gasteiger partial charge >= 0.3 is 0 Å². The maximum absolute atomic E-state index is 12.4. The number of hydrogen-bond donors (Lipinski definition) is 0. The van der Waals surface area contributed by atoms with E-state index in [1.54, 1.807) is 18.1 Å². The molecule has 2 rings (SSSR count). The number of nitrogens with zero attached hydrogens (tertiary/aromatic N) is 1. The number of hydrogen-bond acceptors (Lipinski definition) is 5. The summed E-state index contributed by atoms with van der Waals surface area (Å²) in [6.07, 6.45) is 3.75. The van der Waals surface area contributed by atoms with Crippen molar-refractivity contribution >= 4 is 49.1 Å². The molecule has 2 heterocycles. The monoisotopic (exact) mass is 407 g/mol. The van der Waals surface area contributed by atoms with E-state index in [0.717, 1.165) is 8.66 Å². The average Bonchev–Trinajstić information content (AvgIpc) is 3.03. The van der Waals surface area contributed by atoms with Crippen LogP contribution in [0.5, 0.6) is 0 Å². The predicted molar refractivity (Wildman–Crippen MR) is 91.7 cm³/mol. The molecule has 0 aliphatic carbocycles. The fourth-order valence-corrected chi connectivity index (χ4v) is 5.41. The average molecular weight is 408 g/mol. The van der Waals surface area contributed by atoms with Crippen LogP contribution in [-0.4, -0.2) is 57.0 Å². The molecule has 0 aromatic carbocycles. The standard InChI is InChI=1S/C14H18BrNO4S2/c1-20-8-7-16(11-6-9-22(18,19)10-11)14(17)5-3-12-2-4-13(15)21-12/h2-5,11H,6-10H2,1H3/b5-3+. The molecule has 122 valence electrons. The normalized spacial score (nSPS) is 20.5. The van der Waals surface area contributed by atoms with Crippen molar-refractivity contribution in [1.82, 2.24) is 4.90 Å². The molecule has 1 aromatic rings. The van der Waals surface area contributed by atoms with Crippen molar-refractivity contribution in [3.05, 3.63) is 26.9 Å². The summed E-state index contributed by atoms with van der Waals surface area (Å²) in [6.45, 7) is 0.786. The molecular formula is C14H18BrNO4S2. The van der Waals surface area contributed by atoms with Gasteiger partial charge in [-0.2, -0.15) is 0 Å². The van der Waals surface area contributed by atoms with Crippen LogP contribution in [0.3, 0.4) is 0 Å². The number of sulfone groups is 1. The second kappa shape index (κ2) is 7.72. The van der Waals surface area contributed by atoms with Gasteiger partial charge in [-0.05, 0) is 40.6 Å². The quantitative estimate of drug-likeness (QED) is 0.677. The van der Waals surface area contributed by atoms with Crippen molar-refractivity contribution in [1.29, 1.82) is 0 Å². The van der Waals surface area contributed by atoms with E-state index < -0.39 is 9.84 Å². The lowest BCUT2D eigenvalue weighted by Gasteiger charge is -2.26. The van der Waals surface area contributed by atoms with Crippen molar-refractivity contribution in [3.8, 4) is 0 Å². The largest absolute Gasteiger partial charge is 0.383 e. The van der Waals surface area contributed by atoms with Crippen LogP contribution in [0, 0.1) is 0 Å². The summed E-state index contributed by atoms with van der Waals surface area (Å²) in [4.78, 5) is 15.0. The molecule has 0 radical (unpaired) electrons. The van der Waals surface area contributed by atoms with Gasteiger partial charge in [0.25, 0.3) is 0 Å². The third kappa shape index (κ3) is 4.91. The third-order valence-electron chi connectivity index (χ3n) is 3.45. The van der Waals surface area contributed by atoms with Gasteiger partial charge in [-0.1, -0.05) is 0 Å². The van der Waals surface area contributed by atoms with Crippen molar-refractivity contribution < 1.29 is 17.9 Å². The van der Waals surface area contributed by atoms with Gasteiger partial charge in [0.2, 0.25) is 5.91 Å². The molecule has 0 N–H and O–H groups in total. The minimum atomic E-state index is -3.03. The van der Waals surface area contributed by atoms with Gasteiger partial charge in [0.1, 0.15) is 0 Å². The highest BCUT2D eigenvalue weighted by Gasteiger charge is 2.33. The number of halogens is 1. The Morgan fingerprint density at radius 3 is 2.86 bits per heavy atom. The van der Waals surface area contributed by atoms with Gasteiger partial charge in [0, 0.05) is 30.6 Å². The van der Waals surface area contributed by atoms with E-state index in [1.165, 1.54) is 17.4 Å². The Morgan fingerprint density at radius 2 is 2.32 bits per heavy atom. The van der Waals surface area contributed by atoms with Gasteiger partial charge in [0.05, 0.1) is 21.9 Å². The number of ether oxygens (including phenoxy) is 1. The maximum atomic E-state index is 12.4. The van der Waals surface area contributed by atoms with Crippen LogP contribution >= 0.6 is 27.3 Å². The number of carbonyl (C=O) groups excluding carboxylic acids is 1. The van der Waals surface area contributed by atoms with E-state index in [1.807, 2.05) is 12.1 Å². The van der Waals surface area contributed by atoms with Gasteiger partial charge in [-0.3, -0.25) is 4.79 Å². The molecule has 1 saturated heterocycles. The zero-order valence-electron chi connectivity index (χ0n) is 12.2. The number of methoxy groups -OCH3 is 1. The molecule has 22 heavy (non-hydrogen) atoms. The summed E-state index contributed by atoms with van der Waals surface area (Å²) in [7, 11) is -1.46. The molecule has 1 atom stereocenters. The Kier molecular flexibility index (Phi) is 6.19. The second-order valence-electron chi connectivity index (χ2n) is 5.06. The minimum absolute atomic E-state index is 0.0425. The van der Waals surface area contributed by atoms with Crippen molar-refractivity contribution in [3.63, 3.8) is 0 Å². The van der Waals surface area contributed by atoms with Crippen LogP contribution in [0.1, 0.15) is 11.3 Å². The van der Waals surface area contributed by atoms with Crippen molar-refractivity contribution in [2.45, 2.75) is 12.5 Å². The molecule has 1 fully saturated rings. The highest BCUT2D eigenvalue weighted by molar-refractivity contribution is 9.11. The van der Waals surface area contributed by atoms with Crippen LogP contribution in [-0.2, 0) is 19.4 Å². The van der Waals surface area contributed by atoms with Crippen LogP contribution in [0.25, 0.3) is 6.08 Å². The van der Waals surface area contributed by atoms with Gasteiger partial charge < -0.3 is 9.64 Å². The van der Waals surface area contributed by atoms with E-state index in [0.29, 0.717) is 19.6 Å². The first-order valence-electron chi connectivity index (χ1n) is 6.84. The highest BCUT2D eigenvalue weighted by Crippen LogP contribution is 2.23. The Bertz CT molecular complexity index is 654. The summed E-state index contributed by atoms with van der Waals surface area (Å²) in [5.41, 5.74) is 0. The van der Waals surface area contributed by atoms with E-state index in [2.05, 4.69) is 15.9 Å². The molecule has 1 unspecified atom stereocenters. The molecule has 1 aliphatic heterocycles. The van der Waals surface area contributed by atoms with E-state index in [-0.39, 0.29) is 23.5 Å². The minimum Gasteiger partial charge on any atom is -0.383 e. The first kappa shape index (κ1) is 17.7. The van der Waals surface area contributed by atoms with Gasteiger partial charge in [-0.15, -0.1) is 11.3 Å². The predicted octanol–water partition coefficient (Wildman–Crippen LogP) is 2.19. The summed E-state index contributed by atoms with van der Waals surface area (Å²) < 4.78 is 29.3. The molecule has 0 bridgehead atoms. The number of rotatable bonds is 6. The van der Waals surface area contributed by atoms with Crippen LogP contribution < -0.4 is 0 Å². The maximum Gasteiger partial charge on any atom is 0.246 e. The molecule has 1 amide bonds. The van der Waals surface area contributed by atoms with Crippen molar-refractivity contribution in [2.24, 2.45) is 0 Å². The molecular weight excluding hydrogens is 390 g/mol. The van der Waals surface area contributed by atoms with Gasteiger partial charge in [0.15, 0.2) is 9.84 Å². The number of carbonyl (C=O) groups is 1. The summed E-state index contributed by atoms with van der Waals surface area (Å²) in [5, 5.41) is 0. The van der Waals surface area contributed by atoms with E-state index in [4.69, 9.17) is 4.74 Å². The Hall–Kier alpha value is -0.700. The number of thiophene rings is 1. The lowest BCUT2D eigenvalue weighted by atomic mass is 10.2.